The van der Waals surface area contributed by atoms with Gasteiger partial charge in [-0.1, -0.05) is 63.7 Å². The van der Waals surface area contributed by atoms with Crippen LogP contribution in [0.5, 0.6) is 11.5 Å². The SMILES string of the molecule is CCCCCCCCCCOc1ccc(C#Cc2ccc(O)cc2)cc1. The van der Waals surface area contributed by atoms with Crippen LogP contribution in [0.1, 0.15) is 69.4 Å². The summed E-state index contributed by atoms with van der Waals surface area (Å²) in [4.78, 5) is 0. The third kappa shape index (κ3) is 8.12. The van der Waals surface area contributed by atoms with E-state index in [1.165, 1.54) is 44.9 Å². The average molecular weight is 351 g/mol. The topological polar surface area (TPSA) is 29.5 Å². The Balaban J connectivity index is 1.64. The summed E-state index contributed by atoms with van der Waals surface area (Å²) in [5.74, 6) is 7.38. The third-order valence-electron chi connectivity index (χ3n) is 4.34. The molecule has 2 aromatic rings. The largest absolute Gasteiger partial charge is 0.508 e. The van der Waals surface area contributed by atoms with Crippen molar-refractivity contribution >= 4 is 0 Å². The van der Waals surface area contributed by atoms with Gasteiger partial charge in [0.1, 0.15) is 11.5 Å². The molecule has 0 radical (unpaired) electrons. The Morgan fingerprint density at radius 1 is 0.692 bits per heavy atom. The number of hydrogen-bond donors (Lipinski definition) is 1. The lowest BCUT2D eigenvalue weighted by molar-refractivity contribution is 0.304. The Hall–Kier alpha value is -2.40. The average Bonchev–Trinajstić information content (AvgIpc) is 2.67. The first-order valence-electron chi connectivity index (χ1n) is 9.82. The van der Waals surface area contributed by atoms with Crippen molar-refractivity contribution in [3.05, 3.63) is 59.7 Å². The fourth-order valence-electron chi connectivity index (χ4n) is 2.75. The smallest absolute Gasteiger partial charge is 0.119 e. The molecule has 2 nitrogen and oxygen atoms in total. The summed E-state index contributed by atoms with van der Waals surface area (Å²) in [6.45, 7) is 3.04. The van der Waals surface area contributed by atoms with Gasteiger partial charge in [0.15, 0.2) is 0 Å². The summed E-state index contributed by atoms with van der Waals surface area (Å²) in [5, 5.41) is 9.27. The van der Waals surface area contributed by atoms with E-state index >= 15 is 0 Å². The number of phenols is 1. The van der Waals surface area contributed by atoms with Crippen molar-refractivity contribution in [3.63, 3.8) is 0 Å². The number of aromatic hydroxyl groups is 1. The quantitative estimate of drug-likeness (QED) is 0.402. The lowest BCUT2D eigenvalue weighted by Gasteiger charge is -2.06. The lowest BCUT2D eigenvalue weighted by atomic mass is 10.1. The van der Waals surface area contributed by atoms with Crippen LogP contribution in [-0.4, -0.2) is 11.7 Å². The van der Waals surface area contributed by atoms with Gasteiger partial charge < -0.3 is 9.84 Å². The first-order valence-corrected chi connectivity index (χ1v) is 9.82. The minimum absolute atomic E-state index is 0.258. The molecule has 0 amide bonds. The molecule has 0 atom stereocenters. The van der Waals surface area contributed by atoms with Crippen molar-refractivity contribution < 1.29 is 9.84 Å². The van der Waals surface area contributed by atoms with E-state index in [9.17, 15) is 5.11 Å². The molecule has 0 aliphatic carbocycles. The Bertz CT molecular complexity index is 675. The van der Waals surface area contributed by atoms with Crippen LogP contribution < -0.4 is 4.74 Å². The highest BCUT2D eigenvalue weighted by Gasteiger charge is 1.96. The highest BCUT2D eigenvalue weighted by molar-refractivity contribution is 5.45. The maximum Gasteiger partial charge on any atom is 0.119 e. The number of phenolic OH excluding ortho intramolecular Hbond substituents is 1. The fourth-order valence-corrected chi connectivity index (χ4v) is 2.75. The molecule has 0 unspecified atom stereocenters. The molecular formula is C24H30O2. The molecule has 2 heteroatoms. The van der Waals surface area contributed by atoms with Crippen molar-refractivity contribution in [1.29, 1.82) is 0 Å². The predicted octanol–water partition coefficient (Wildman–Crippen LogP) is 6.31. The fraction of sp³-hybridized carbons (Fsp3) is 0.417. The Morgan fingerprint density at radius 3 is 1.77 bits per heavy atom. The zero-order chi connectivity index (χ0) is 18.5. The van der Waals surface area contributed by atoms with Crippen molar-refractivity contribution in [1.82, 2.24) is 0 Å². The van der Waals surface area contributed by atoms with Crippen LogP contribution in [0.4, 0.5) is 0 Å². The maximum atomic E-state index is 9.27. The van der Waals surface area contributed by atoms with Gasteiger partial charge >= 0.3 is 0 Å². The Labute approximate surface area is 158 Å². The highest BCUT2D eigenvalue weighted by atomic mass is 16.5. The van der Waals surface area contributed by atoms with Crippen LogP contribution in [0.15, 0.2) is 48.5 Å². The molecule has 0 aliphatic heterocycles. The molecule has 26 heavy (non-hydrogen) atoms. The Morgan fingerprint density at radius 2 is 1.19 bits per heavy atom. The van der Waals surface area contributed by atoms with Gasteiger partial charge in [0.2, 0.25) is 0 Å². The Kier molecular flexibility index (Phi) is 9.22. The summed E-state index contributed by atoms with van der Waals surface area (Å²) in [5.41, 5.74) is 1.84. The molecule has 1 N–H and O–H groups in total. The molecule has 2 aromatic carbocycles. The van der Waals surface area contributed by atoms with E-state index in [1.807, 2.05) is 36.4 Å². The summed E-state index contributed by atoms with van der Waals surface area (Å²) < 4.78 is 5.81. The normalized spacial score (nSPS) is 10.2. The van der Waals surface area contributed by atoms with Crippen molar-refractivity contribution in [3.8, 4) is 23.3 Å². The van der Waals surface area contributed by atoms with E-state index in [2.05, 4.69) is 18.8 Å². The van der Waals surface area contributed by atoms with Crippen molar-refractivity contribution in [2.45, 2.75) is 58.3 Å². The van der Waals surface area contributed by atoms with Gasteiger partial charge in [-0.05, 0) is 55.0 Å². The van der Waals surface area contributed by atoms with Crippen LogP contribution in [-0.2, 0) is 0 Å². The summed E-state index contributed by atoms with van der Waals surface area (Å²) in [6, 6.07) is 14.8. The minimum Gasteiger partial charge on any atom is -0.508 e. The first-order chi connectivity index (χ1) is 12.8. The number of benzene rings is 2. The molecule has 0 fully saturated rings. The second-order valence-corrected chi connectivity index (χ2v) is 6.64. The van der Waals surface area contributed by atoms with Crippen molar-refractivity contribution in [2.75, 3.05) is 6.61 Å². The van der Waals surface area contributed by atoms with Gasteiger partial charge in [0.05, 0.1) is 6.61 Å². The van der Waals surface area contributed by atoms with Gasteiger partial charge in [0, 0.05) is 11.1 Å². The monoisotopic (exact) mass is 350 g/mol. The molecular weight excluding hydrogens is 320 g/mol. The van der Waals surface area contributed by atoms with Crippen LogP contribution in [0.3, 0.4) is 0 Å². The number of unbranched alkanes of at least 4 members (excludes halogenated alkanes) is 7. The van der Waals surface area contributed by atoms with E-state index in [0.29, 0.717) is 0 Å². The van der Waals surface area contributed by atoms with E-state index in [4.69, 9.17) is 4.74 Å². The molecule has 0 heterocycles. The van der Waals surface area contributed by atoms with Gasteiger partial charge in [0.25, 0.3) is 0 Å². The minimum atomic E-state index is 0.258. The summed E-state index contributed by atoms with van der Waals surface area (Å²) in [7, 11) is 0. The molecule has 0 saturated heterocycles. The number of rotatable bonds is 10. The molecule has 0 saturated carbocycles. The third-order valence-corrected chi connectivity index (χ3v) is 4.34. The predicted molar refractivity (Wildman–Crippen MR) is 109 cm³/mol. The second-order valence-electron chi connectivity index (χ2n) is 6.64. The molecule has 0 aliphatic rings. The molecule has 0 aromatic heterocycles. The van der Waals surface area contributed by atoms with Crippen LogP contribution in [0, 0.1) is 11.8 Å². The first kappa shape index (κ1) is 19.9. The molecule has 0 bridgehead atoms. The van der Waals surface area contributed by atoms with Gasteiger partial charge in [-0.2, -0.15) is 0 Å². The van der Waals surface area contributed by atoms with E-state index in [1.54, 1.807) is 12.1 Å². The molecule has 0 spiro atoms. The van der Waals surface area contributed by atoms with E-state index in [0.717, 1.165) is 29.9 Å². The van der Waals surface area contributed by atoms with Crippen LogP contribution in [0.25, 0.3) is 0 Å². The summed E-state index contributed by atoms with van der Waals surface area (Å²) in [6.07, 6.45) is 10.5. The maximum absolute atomic E-state index is 9.27. The van der Waals surface area contributed by atoms with Gasteiger partial charge in [-0.25, -0.2) is 0 Å². The van der Waals surface area contributed by atoms with Crippen LogP contribution in [0.2, 0.25) is 0 Å². The van der Waals surface area contributed by atoms with E-state index in [-0.39, 0.29) is 5.75 Å². The van der Waals surface area contributed by atoms with E-state index < -0.39 is 0 Å². The zero-order valence-electron chi connectivity index (χ0n) is 15.8. The molecule has 2 rings (SSSR count). The standard InChI is InChI=1S/C24H30O2/c1-2-3-4-5-6-7-8-9-20-26-24-18-14-22(15-19-24)11-10-21-12-16-23(25)17-13-21/h12-19,25H,2-9,20H2,1H3. The highest BCUT2D eigenvalue weighted by Crippen LogP contribution is 2.14. The summed E-state index contributed by atoms with van der Waals surface area (Å²) >= 11 is 0. The zero-order valence-corrected chi connectivity index (χ0v) is 15.8. The van der Waals surface area contributed by atoms with Crippen LogP contribution >= 0.6 is 0 Å². The second kappa shape index (κ2) is 12.0. The number of ether oxygens (including phenoxy) is 1. The lowest BCUT2D eigenvalue weighted by Crippen LogP contribution is -1.97. The van der Waals surface area contributed by atoms with Gasteiger partial charge in [-0.15, -0.1) is 0 Å². The van der Waals surface area contributed by atoms with Gasteiger partial charge in [-0.3, -0.25) is 0 Å². The van der Waals surface area contributed by atoms with Crippen molar-refractivity contribution in [2.24, 2.45) is 0 Å². The number of hydrogen-bond acceptors (Lipinski definition) is 2. The molecule has 138 valence electrons.